The number of nitro benzene ring substituents is 1. The van der Waals surface area contributed by atoms with Gasteiger partial charge in [0.2, 0.25) is 0 Å². The SMILES string of the molecule is Cc1cc(C(F)(F)F)nc2sc(C(=O)Nc3ccc([N+](=O)[O-])cc3)c(N)c12. The lowest BCUT2D eigenvalue weighted by molar-refractivity contribution is -0.384. The molecule has 0 radical (unpaired) electrons. The number of carbonyl (C=O) groups is 1. The molecule has 0 atom stereocenters. The Bertz CT molecular complexity index is 1060. The summed E-state index contributed by atoms with van der Waals surface area (Å²) in [6.45, 7) is 1.46. The van der Waals surface area contributed by atoms with E-state index in [0.29, 0.717) is 5.39 Å². The van der Waals surface area contributed by atoms with Gasteiger partial charge >= 0.3 is 6.18 Å². The van der Waals surface area contributed by atoms with Gasteiger partial charge in [0.05, 0.1) is 10.6 Å². The van der Waals surface area contributed by atoms with Gasteiger partial charge in [0, 0.05) is 23.2 Å². The van der Waals surface area contributed by atoms with Crippen LogP contribution in [0.5, 0.6) is 0 Å². The van der Waals surface area contributed by atoms with E-state index in [9.17, 15) is 28.1 Å². The van der Waals surface area contributed by atoms with Crippen molar-refractivity contribution < 1.29 is 22.9 Å². The molecule has 0 fully saturated rings. The van der Waals surface area contributed by atoms with Gasteiger partial charge in [0.25, 0.3) is 11.6 Å². The van der Waals surface area contributed by atoms with Crippen LogP contribution in [0.3, 0.4) is 0 Å². The first-order valence-corrected chi connectivity index (χ1v) is 8.22. The Hall–Kier alpha value is -3.21. The molecule has 3 N–H and O–H groups in total. The largest absolute Gasteiger partial charge is 0.433 e. The molecule has 2 heterocycles. The highest BCUT2D eigenvalue weighted by atomic mass is 32.1. The Kier molecular flexibility index (Phi) is 4.47. The lowest BCUT2D eigenvalue weighted by Crippen LogP contribution is -2.12. The minimum absolute atomic E-state index is 0.00803. The molecule has 140 valence electrons. The van der Waals surface area contributed by atoms with Crippen molar-refractivity contribution in [2.24, 2.45) is 0 Å². The third-order valence-electron chi connectivity index (χ3n) is 3.73. The first kappa shape index (κ1) is 18.6. The predicted octanol–water partition coefficient (Wildman–Crippen LogP) is 4.37. The number of halogens is 3. The Morgan fingerprint density at radius 1 is 1.30 bits per heavy atom. The molecule has 3 rings (SSSR count). The molecule has 3 aromatic rings. The summed E-state index contributed by atoms with van der Waals surface area (Å²) >= 11 is 0.747. The number of hydrogen-bond acceptors (Lipinski definition) is 6. The van der Waals surface area contributed by atoms with Crippen LogP contribution < -0.4 is 11.1 Å². The molecule has 1 amide bonds. The van der Waals surface area contributed by atoms with E-state index in [2.05, 4.69) is 10.3 Å². The number of fused-ring (bicyclic) bond motifs is 1. The molecule has 11 heteroatoms. The Morgan fingerprint density at radius 2 is 1.93 bits per heavy atom. The van der Waals surface area contributed by atoms with Gasteiger partial charge in [-0.15, -0.1) is 11.3 Å². The molecule has 27 heavy (non-hydrogen) atoms. The summed E-state index contributed by atoms with van der Waals surface area (Å²) in [5.74, 6) is -0.641. The third-order valence-corrected chi connectivity index (χ3v) is 4.83. The molecule has 0 aliphatic heterocycles. The topological polar surface area (TPSA) is 111 Å². The number of nitrogen functional groups attached to an aromatic ring is 1. The Labute approximate surface area is 153 Å². The number of aryl methyl sites for hydroxylation is 1. The van der Waals surface area contributed by atoms with E-state index in [4.69, 9.17) is 5.73 Å². The van der Waals surface area contributed by atoms with Crippen LogP contribution in [0.4, 0.5) is 30.2 Å². The van der Waals surface area contributed by atoms with E-state index in [-0.39, 0.29) is 32.3 Å². The molecular weight excluding hydrogens is 385 g/mol. The maximum Gasteiger partial charge on any atom is 0.433 e. The second-order valence-corrected chi connectivity index (χ2v) is 6.60. The summed E-state index contributed by atoms with van der Waals surface area (Å²) in [5.41, 5.74) is 5.33. The highest BCUT2D eigenvalue weighted by Crippen LogP contribution is 2.38. The van der Waals surface area contributed by atoms with Gasteiger partial charge in [-0.3, -0.25) is 14.9 Å². The highest BCUT2D eigenvalue weighted by molar-refractivity contribution is 7.21. The number of rotatable bonds is 3. The van der Waals surface area contributed by atoms with E-state index in [1.807, 2.05) is 0 Å². The van der Waals surface area contributed by atoms with E-state index in [0.717, 1.165) is 17.4 Å². The second kappa shape index (κ2) is 6.50. The fourth-order valence-electron chi connectivity index (χ4n) is 2.48. The summed E-state index contributed by atoms with van der Waals surface area (Å²) < 4.78 is 38.8. The number of nitrogens with one attached hydrogen (secondary N) is 1. The number of alkyl halides is 3. The first-order valence-electron chi connectivity index (χ1n) is 7.40. The maximum atomic E-state index is 12.9. The van der Waals surface area contributed by atoms with Crippen LogP contribution in [-0.4, -0.2) is 15.8 Å². The predicted molar refractivity (Wildman–Crippen MR) is 94.8 cm³/mol. The van der Waals surface area contributed by atoms with Crippen molar-refractivity contribution in [3.05, 3.63) is 56.6 Å². The zero-order valence-corrected chi connectivity index (χ0v) is 14.4. The molecule has 0 spiro atoms. The number of anilines is 2. The number of amides is 1. The molecule has 7 nitrogen and oxygen atoms in total. The third kappa shape index (κ3) is 3.53. The number of hydrogen-bond donors (Lipinski definition) is 2. The zero-order chi connectivity index (χ0) is 19.9. The van der Waals surface area contributed by atoms with Crippen molar-refractivity contribution in [2.75, 3.05) is 11.1 Å². The lowest BCUT2D eigenvalue weighted by Gasteiger charge is -2.07. The molecule has 0 bridgehead atoms. The smallest absolute Gasteiger partial charge is 0.397 e. The van der Waals surface area contributed by atoms with Gasteiger partial charge in [0.15, 0.2) is 0 Å². The summed E-state index contributed by atoms with van der Waals surface area (Å²) in [6.07, 6.45) is -4.61. The minimum Gasteiger partial charge on any atom is -0.397 e. The number of pyridine rings is 1. The van der Waals surface area contributed by atoms with Gasteiger partial charge in [-0.05, 0) is 30.7 Å². The van der Waals surface area contributed by atoms with Crippen LogP contribution in [0.15, 0.2) is 30.3 Å². The Balaban J connectivity index is 1.96. The molecule has 2 aromatic heterocycles. The van der Waals surface area contributed by atoms with Crippen molar-refractivity contribution in [2.45, 2.75) is 13.1 Å². The van der Waals surface area contributed by atoms with Crippen molar-refractivity contribution in [1.82, 2.24) is 4.98 Å². The Morgan fingerprint density at radius 3 is 2.48 bits per heavy atom. The standard InChI is InChI=1S/C16H11F3N4O3S/c1-7-6-10(16(17,18)19)22-15-11(7)12(20)13(27-15)14(24)21-8-2-4-9(5-3-8)23(25)26/h2-6H,20H2,1H3,(H,21,24). The van der Waals surface area contributed by atoms with Crippen molar-refractivity contribution in [1.29, 1.82) is 0 Å². The van der Waals surface area contributed by atoms with Gasteiger partial charge in [0.1, 0.15) is 15.4 Å². The number of nitrogens with two attached hydrogens (primary N) is 1. The summed E-state index contributed by atoms with van der Waals surface area (Å²) in [7, 11) is 0. The lowest BCUT2D eigenvalue weighted by atomic mass is 10.1. The minimum atomic E-state index is -4.61. The number of aromatic nitrogens is 1. The van der Waals surface area contributed by atoms with E-state index in [1.54, 1.807) is 0 Å². The van der Waals surface area contributed by atoms with Crippen LogP contribution in [0, 0.1) is 17.0 Å². The van der Waals surface area contributed by atoms with E-state index >= 15 is 0 Å². The normalized spacial score (nSPS) is 11.6. The number of nitro groups is 1. The number of non-ortho nitro benzene ring substituents is 1. The average molecular weight is 396 g/mol. The highest BCUT2D eigenvalue weighted by Gasteiger charge is 2.34. The van der Waals surface area contributed by atoms with Crippen LogP contribution in [-0.2, 0) is 6.18 Å². The van der Waals surface area contributed by atoms with E-state index < -0.39 is 22.7 Å². The molecule has 0 aliphatic rings. The van der Waals surface area contributed by atoms with Gasteiger partial charge < -0.3 is 11.1 Å². The van der Waals surface area contributed by atoms with Crippen LogP contribution >= 0.6 is 11.3 Å². The maximum absolute atomic E-state index is 12.9. The molecule has 0 unspecified atom stereocenters. The molecule has 0 saturated heterocycles. The van der Waals surface area contributed by atoms with Crippen molar-refractivity contribution in [3.63, 3.8) is 0 Å². The molecular formula is C16H11F3N4O3S. The first-order chi connectivity index (χ1) is 12.6. The molecule has 0 aliphatic carbocycles. The van der Waals surface area contributed by atoms with Gasteiger partial charge in [-0.2, -0.15) is 13.2 Å². The van der Waals surface area contributed by atoms with Crippen molar-refractivity contribution in [3.8, 4) is 0 Å². The summed E-state index contributed by atoms with van der Waals surface area (Å²) in [5, 5.41) is 13.4. The number of carbonyl (C=O) groups excluding carboxylic acids is 1. The number of benzene rings is 1. The summed E-state index contributed by atoms with van der Waals surface area (Å²) in [4.78, 5) is 26.1. The van der Waals surface area contributed by atoms with Crippen LogP contribution in [0.2, 0.25) is 0 Å². The van der Waals surface area contributed by atoms with Gasteiger partial charge in [-0.25, -0.2) is 4.98 Å². The van der Waals surface area contributed by atoms with Gasteiger partial charge in [-0.1, -0.05) is 0 Å². The fourth-order valence-corrected chi connectivity index (χ4v) is 3.54. The van der Waals surface area contributed by atoms with Crippen LogP contribution in [0.25, 0.3) is 10.2 Å². The number of nitrogens with zero attached hydrogens (tertiary/aromatic N) is 2. The van der Waals surface area contributed by atoms with Crippen molar-refractivity contribution >= 4 is 44.5 Å². The molecule has 0 saturated carbocycles. The second-order valence-electron chi connectivity index (χ2n) is 5.61. The number of thiophene rings is 1. The monoisotopic (exact) mass is 396 g/mol. The average Bonchev–Trinajstić information content (AvgIpc) is 2.92. The van der Waals surface area contributed by atoms with Crippen LogP contribution in [0.1, 0.15) is 20.9 Å². The fraction of sp³-hybridized carbons (Fsp3) is 0.125. The quantitative estimate of drug-likeness (QED) is 0.505. The zero-order valence-electron chi connectivity index (χ0n) is 13.6. The molecule has 1 aromatic carbocycles. The summed E-state index contributed by atoms with van der Waals surface area (Å²) in [6, 6.07) is 5.98. The van der Waals surface area contributed by atoms with E-state index in [1.165, 1.54) is 31.2 Å².